The number of hydrogen-bond acceptors (Lipinski definition) is 6. The quantitative estimate of drug-likeness (QED) is 0.391. The number of H-pyrrole nitrogens is 1. The van der Waals surface area contributed by atoms with Crippen LogP contribution in [0.5, 0.6) is 0 Å². The molecule has 0 bridgehead atoms. The molecule has 3 aromatic rings. The Hall–Kier alpha value is -3.23. The summed E-state index contributed by atoms with van der Waals surface area (Å²) in [6.07, 6.45) is 5.70. The van der Waals surface area contributed by atoms with Crippen molar-refractivity contribution in [1.29, 1.82) is 0 Å². The number of amides is 1. The summed E-state index contributed by atoms with van der Waals surface area (Å²) in [5.74, 6) is 0.562. The lowest BCUT2D eigenvalue weighted by Gasteiger charge is -2.24. The third-order valence-corrected chi connectivity index (χ3v) is 9.25. The molecule has 6 rings (SSSR count). The van der Waals surface area contributed by atoms with Crippen molar-refractivity contribution in [3.05, 3.63) is 78.9 Å². The minimum atomic E-state index is -0.146. The first-order chi connectivity index (χ1) is 18.9. The molecule has 0 radical (unpaired) electrons. The fourth-order valence-corrected chi connectivity index (χ4v) is 7.33. The predicted molar refractivity (Wildman–Crippen MR) is 159 cm³/mol. The zero-order valence-corrected chi connectivity index (χ0v) is 23.9. The number of aromatic nitrogens is 1. The number of hydrogen-bond donors (Lipinski definition) is 2. The van der Waals surface area contributed by atoms with E-state index in [1.54, 1.807) is 17.5 Å². The number of benzene rings is 1. The van der Waals surface area contributed by atoms with Crippen LogP contribution < -0.4 is 10.9 Å². The fourth-order valence-electron chi connectivity index (χ4n) is 6.29. The Bertz CT molecular complexity index is 1480. The number of aryl methyl sites for hydroxylation is 1. The third-order valence-electron chi connectivity index (χ3n) is 8.21. The van der Waals surface area contributed by atoms with Crippen molar-refractivity contribution >= 4 is 34.3 Å². The lowest BCUT2D eigenvalue weighted by molar-refractivity contribution is 0.0744. The number of nitrogens with zero attached hydrogens (tertiary/aromatic N) is 3. The van der Waals surface area contributed by atoms with E-state index in [0.717, 1.165) is 53.3 Å². The van der Waals surface area contributed by atoms with Crippen molar-refractivity contribution < 1.29 is 4.79 Å². The molecule has 1 amide bonds. The van der Waals surface area contributed by atoms with Gasteiger partial charge in [0.1, 0.15) is 0 Å². The molecule has 3 aliphatic rings. The molecule has 5 heterocycles. The van der Waals surface area contributed by atoms with Gasteiger partial charge in [0.05, 0.1) is 22.6 Å². The maximum absolute atomic E-state index is 13.3. The van der Waals surface area contributed by atoms with Crippen molar-refractivity contribution in [1.82, 2.24) is 14.8 Å². The summed E-state index contributed by atoms with van der Waals surface area (Å²) in [7, 11) is 0. The van der Waals surface area contributed by atoms with Gasteiger partial charge in [0.25, 0.3) is 11.5 Å². The van der Waals surface area contributed by atoms with Crippen LogP contribution in [-0.4, -0.2) is 58.6 Å². The van der Waals surface area contributed by atoms with Crippen LogP contribution >= 0.6 is 11.3 Å². The number of thiophene rings is 1. The molecule has 8 heteroatoms. The summed E-state index contributed by atoms with van der Waals surface area (Å²) in [5, 5.41) is 5.69. The highest BCUT2D eigenvalue weighted by Crippen LogP contribution is 2.36. The Morgan fingerprint density at radius 3 is 2.69 bits per heavy atom. The van der Waals surface area contributed by atoms with Crippen LogP contribution in [0, 0.1) is 12.8 Å². The van der Waals surface area contributed by atoms with Crippen molar-refractivity contribution in [3.63, 3.8) is 0 Å². The van der Waals surface area contributed by atoms with Gasteiger partial charge in [-0.2, -0.15) is 0 Å². The average Bonchev–Trinajstić information content (AvgIpc) is 3.68. The maximum atomic E-state index is 13.3. The van der Waals surface area contributed by atoms with E-state index < -0.39 is 0 Å². The normalized spacial score (nSPS) is 18.3. The van der Waals surface area contributed by atoms with Gasteiger partial charge in [-0.05, 0) is 92.0 Å². The van der Waals surface area contributed by atoms with Gasteiger partial charge >= 0.3 is 0 Å². The lowest BCUT2D eigenvalue weighted by atomic mass is 10.00. The largest absolute Gasteiger partial charge is 0.381 e. The number of fused-ring (bicyclic) bond motifs is 2. The number of nitrogens with one attached hydrogen (secondary N) is 2. The molecule has 1 aromatic carbocycles. The first kappa shape index (κ1) is 26.0. The number of likely N-dealkylation sites (tertiary alicyclic amines) is 1. The molecule has 1 unspecified atom stereocenters. The first-order valence-electron chi connectivity index (χ1n) is 14.1. The number of rotatable bonds is 9. The second kappa shape index (κ2) is 10.7. The van der Waals surface area contributed by atoms with Crippen LogP contribution in [-0.2, 0) is 19.4 Å². The van der Waals surface area contributed by atoms with Crippen LogP contribution in [0.2, 0.25) is 0 Å². The Morgan fingerprint density at radius 2 is 1.92 bits per heavy atom. The number of aromatic amines is 1. The number of anilines is 1. The maximum Gasteiger partial charge on any atom is 0.259 e. The van der Waals surface area contributed by atoms with E-state index in [4.69, 9.17) is 4.99 Å². The Labute approximate surface area is 234 Å². The van der Waals surface area contributed by atoms with E-state index in [1.807, 2.05) is 17.0 Å². The second-order valence-corrected chi connectivity index (χ2v) is 12.5. The standard InChI is InChI=1S/C31H37N5O2S/c1-19(16-35-9-4-5-10-35)17-36-18-23-15-26-22(13-24(23)31(36)38)14-27(34-26)29-25(6-8-32-30(29)37)33-21(3)12-28-20(2)7-11-39-28/h6-8,11,13,15,19,21H,4-5,9-10,12,14,16-18H2,1-3H3,(H2,32,33,37)/t19?,21-/m0/s1. The lowest BCUT2D eigenvalue weighted by Crippen LogP contribution is -2.34. The summed E-state index contributed by atoms with van der Waals surface area (Å²) in [5.41, 5.74) is 7.02. The van der Waals surface area contributed by atoms with Crippen molar-refractivity contribution in [3.8, 4) is 0 Å². The third kappa shape index (κ3) is 5.32. The minimum Gasteiger partial charge on any atom is -0.381 e. The molecule has 1 fully saturated rings. The van der Waals surface area contributed by atoms with Gasteiger partial charge in [0.15, 0.2) is 0 Å². The molecule has 2 atom stereocenters. The Balaban J connectivity index is 1.18. The average molecular weight is 544 g/mol. The molecule has 3 aliphatic heterocycles. The van der Waals surface area contributed by atoms with Gasteiger partial charge in [0.2, 0.25) is 0 Å². The van der Waals surface area contributed by atoms with Crippen molar-refractivity contribution in [2.45, 2.75) is 59.0 Å². The van der Waals surface area contributed by atoms with E-state index in [1.165, 1.54) is 36.4 Å². The van der Waals surface area contributed by atoms with E-state index in [9.17, 15) is 9.59 Å². The summed E-state index contributed by atoms with van der Waals surface area (Å²) in [6.45, 7) is 11.4. The van der Waals surface area contributed by atoms with E-state index in [0.29, 0.717) is 24.4 Å². The zero-order chi connectivity index (χ0) is 27.1. The van der Waals surface area contributed by atoms with Crippen LogP contribution in [0.3, 0.4) is 0 Å². The SMILES string of the molecule is Cc1ccsc1C[C@H](C)Nc1cc[nH]c(=O)c1C1=Nc2cc3c(cc2C1)C(=O)N(CC(C)CN1CCCC1)C3. The smallest absolute Gasteiger partial charge is 0.259 e. The molecular weight excluding hydrogens is 506 g/mol. The van der Waals surface area contributed by atoms with Gasteiger partial charge in [-0.15, -0.1) is 11.3 Å². The van der Waals surface area contributed by atoms with Gasteiger partial charge < -0.3 is 20.1 Å². The highest BCUT2D eigenvalue weighted by atomic mass is 32.1. The fraction of sp³-hybridized carbons (Fsp3) is 0.452. The summed E-state index contributed by atoms with van der Waals surface area (Å²) in [6, 6.07) is 8.30. The molecule has 0 aliphatic carbocycles. The highest BCUT2D eigenvalue weighted by molar-refractivity contribution is 7.10. The summed E-state index contributed by atoms with van der Waals surface area (Å²) < 4.78 is 0. The van der Waals surface area contributed by atoms with Gasteiger partial charge in [0, 0.05) is 55.2 Å². The van der Waals surface area contributed by atoms with Crippen LogP contribution in [0.1, 0.15) is 64.2 Å². The monoisotopic (exact) mass is 543 g/mol. The minimum absolute atomic E-state index is 0.118. The molecule has 0 spiro atoms. The summed E-state index contributed by atoms with van der Waals surface area (Å²) >= 11 is 1.77. The molecule has 2 N–H and O–H groups in total. The number of carbonyl (C=O) groups excluding carboxylic acids is 1. The van der Waals surface area contributed by atoms with E-state index in [-0.39, 0.29) is 17.5 Å². The van der Waals surface area contributed by atoms with Gasteiger partial charge in [-0.25, -0.2) is 0 Å². The number of pyridine rings is 1. The molecule has 7 nitrogen and oxygen atoms in total. The Kier molecular flexibility index (Phi) is 7.16. The van der Waals surface area contributed by atoms with Crippen LogP contribution in [0.15, 0.2) is 45.6 Å². The van der Waals surface area contributed by atoms with Crippen LogP contribution in [0.4, 0.5) is 11.4 Å². The summed E-state index contributed by atoms with van der Waals surface area (Å²) in [4.78, 5) is 39.9. The van der Waals surface area contributed by atoms with E-state index >= 15 is 0 Å². The molecule has 0 saturated carbocycles. The van der Waals surface area contributed by atoms with Crippen LogP contribution in [0.25, 0.3) is 0 Å². The first-order valence-corrected chi connectivity index (χ1v) is 15.0. The second-order valence-electron chi connectivity index (χ2n) is 11.5. The van der Waals surface area contributed by atoms with E-state index in [2.05, 4.69) is 53.5 Å². The van der Waals surface area contributed by atoms with Gasteiger partial charge in [-0.1, -0.05) is 6.92 Å². The van der Waals surface area contributed by atoms with Gasteiger partial charge in [-0.3, -0.25) is 14.6 Å². The number of aliphatic imine (C=N–C) groups is 1. The molecule has 1 saturated heterocycles. The number of carbonyl (C=O) groups is 1. The Morgan fingerprint density at radius 1 is 1.10 bits per heavy atom. The molecule has 39 heavy (non-hydrogen) atoms. The highest BCUT2D eigenvalue weighted by Gasteiger charge is 2.32. The predicted octanol–water partition coefficient (Wildman–Crippen LogP) is 5.15. The van der Waals surface area contributed by atoms with Crippen molar-refractivity contribution in [2.75, 3.05) is 31.5 Å². The van der Waals surface area contributed by atoms with Crippen molar-refractivity contribution in [2.24, 2.45) is 10.9 Å². The topological polar surface area (TPSA) is 80.8 Å². The molecule has 2 aromatic heterocycles. The zero-order valence-electron chi connectivity index (χ0n) is 23.0. The molecule has 204 valence electrons. The molecular formula is C31H37N5O2S.